The third-order valence-corrected chi connectivity index (χ3v) is 0. The molecule has 0 fully saturated rings. The van der Waals surface area contributed by atoms with Gasteiger partial charge in [-0.25, -0.2) is 0 Å². The molecule has 0 heterocycles. The number of hydrogen-bond donors (Lipinski definition) is 2. The molecule has 0 atom stereocenters. The van der Waals surface area contributed by atoms with Crippen LogP contribution in [0.1, 0.15) is 44.6 Å². The van der Waals surface area contributed by atoms with Gasteiger partial charge >= 0.3 is 33.4 Å². The van der Waals surface area contributed by atoms with Crippen molar-refractivity contribution in [2.24, 2.45) is 0 Å². The van der Waals surface area contributed by atoms with Crippen molar-refractivity contribution in [3.8, 4) is 0 Å². The van der Waals surface area contributed by atoms with Gasteiger partial charge in [0.05, 0.1) is 17.4 Å². The molecular formula is C6H31Al3B3N2. The zero-order chi connectivity index (χ0) is 4.00. The molecule has 0 rings (SSSR count). The van der Waals surface area contributed by atoms with Crippen molar-refractivity contribution in [3.63, 3.8) is 0 Å². The fourth-order valence-electron chi connectivity index (χ4n) is 0. The third kappa shape index (κ3) is 1060. The Bertz CT molecular complexity index is 28.3. The maximum absolute atomic E-state index is 5.78. The fourth-order valence-corrected chi connectivity index (χ4v) is 0. The van der Waals surface area contributed by atoms with Crippen LogP contribution in [-0.2, 0) is 0 Å². The molecule has 0 aromatic heterocycles. The number of hydrogen-bond acceptors (Lipinski definition) is 2. The predicted molar refractivity (Wildman–Crippen MR) is 87.3 cm³/mol. The molecule has 0 saturated heterocycles. The standard InChI is InChI=1S/6CH4.3Al.BHN.2B.HN.5H/c;;;;;;;;;1-2;;;;;;;;/h6*1H4;;;;2H;;;1H;;;;;. The Morgan fingerprint density at radius 2 is 0.643 bits per heavy atom. The molecule has 0 aliphatic rings. The summed E-state index contributed by atoms with van der Waals surface area (Å²) in [5.74, 6) is 0. The minimum absolute atomic E-state index is 0. The second-order valence-electron chi connectivity index (χ2n) is 0. The summed E-state index contributed by atoms with van der Waals surface area (Å²) in [6.45, 7) is 0. The van der Waals surface area contributed by atoms with E-state index in [0.29, 0.717) is 0 Å². The number of rotatable bonds is 0. The van der Waals surface area contributed by atoms with Crippen LogP contribution >= 0.6 is 0 Å². The fraction of sp³-hybridized carbons (Fsp3) is 1.00. The van der Waals surface area contributed by atoms with Gasteiger partial charge in [0.15, 0.2) is 17.4 Å². The first kappa shape index (κ1) is 277. The molecule has 14 heavy (non-hydrogen) atoms. The van der Waals surface area contributed by atoms with E-state index in [9.17, 15) is 0 Å². The van der Waals surface area contributed by atoms with Crippen LogP contribution < -0.4 is 0 Å². The average molecular weight is 245 g/mol. The zero-order valence-corrected chi connectivity index (χ0v) is 6.97. The molecule has 0 spiro atoms. The first-order chi connectivity index (χ1) is 2.00. The monoisotopic (exact) mass is 245 g/mol. The summed E-state index contributed by atoms with van der Waals surface area (Å²) in [5.41, 5.74) is 0. The Balaban J connectivity index is -0.000000000333. The minimum atomic E-state index is 0. The van der Waals surface area contributed by atoms with Crippen LogP contribution in [0.3, 0.4) is 0 Å². The summed E-state index contributed by atoms with van der Waals surface area (Å²) in [5, 5.41) is 5.25. The molecule has 0 aliphatic carbocycles. The Morgan fingerprint density at radius 3 is 0.643 bits per heavy atom. The van der Waals surface area contributed by atoms with Crippen LogP contribution in [0.25, 0.3) is 0 Å². The van der Waals surface area contributed by atoms with Crippen molar-refractivity contribution in [2.45, 2.75) is 44.6 Å². The van der Waals surface area contributed by atoms with Crippen LogP contribution in [0.15, 0.2) is 0 Å². The van der Waals surface area contributed by atoms with Crippen molar-refractivity contribution in [2.75, 3.05) is 0 Å². The molecule has 8 heteroatoms. The van der Waals surface area contributed by atoms with Crippen molar-refractivity contribution in [1.82, 2.24) is 0 Å². The second kappa shape index (κ2) is 1330. The maximum atomic E-state index is 5.78. The summed E-state index contributed by atoms with van der Waals surface area (Å²) < 4.78 is 5.78. The topological polar surface area (TPSA) is 47.7 Å². The molecule has 0 aliphatic heterocycles. The van der Waals surface area contributed by atoms with E-state index in [-0.39, 0.29) is 96.1 Å². The van der Waals surface area contributed by atoms with E-state index < -0.39 is 0 Å². The second-order valence-corrected chi connectivity index (χ2v) is 0. The van der Waals surface area contributed by atoms with Gasteiger partial charge in [-0.15, -0.1) is 0 Å². The summed E-state index contributed by atoms with van der Waals surface area (Å²) in [6, 6.07) is 0. The van der Waals surface area contributed by atoms with E-state index in [1.807, 2.05) is 0 Å². The molecule has 2 nitrogen and oxygen atoms in total. The van der Waals surface area contributed by atoms with Crippen molar-refractivity contribution in [1.29, 1.82) is 9.66 Å². The van der Waals surface area contributed by atoms with Gasteiger partial charge in [-0.1, -0.05) is 44.6 Å². The summed E-state index contributed by atoms with van der Waals surface area (Å²) in [6.07, 6.45) is 0. The van der Waals surface area contributed by atoms with Crippen molar-refractivity contribution < 1.29 is 0 Å². The molecule has 83 valence electrons. The molecule has 0 bridgehead atoms. The average Bonchev–Trinajstić information content (AvgIpc) is 1.50. The normalized spacial score (nSPS) is 0.429. The van der Waals surface area contributed by atoms with E-state index in [4.69, 9.17) is 9.66 Å². The van der Waals surface area contributed by atoms with E-state index in [1.165, 1.54) is 0 Å². The first-order valence-corrected chi connectivity index (χ1v) is 1.35. The first-order valence-electron chi connectivity index (χ1n) is 0.642. The summed E-state index contributed by atoms with van der Waals surface area (Å²) in [7, 11) is 3.75. The van der Waals surface area contributed by atoms with Gasteiger partial charge in [-0.3, -0.25) is 0 Å². The molecule has 0 aromatic carbocycles. The molecule has 0 amide bonds. The van der Waals surface area contributed by atoms with Crippen LogP contribution in [0.2, 0.25) is 0 Å². The van der Waals surface area contributed by atoms with Gasteiger partial charge in [0.1, 0.15) is 0 Å². The molecular weight excluding hydrogens is 213 g/mol. The Kier molecular flexibility index (Phi) is 26400. The Labute approximate surface area is 129 Å². The van der Waals surface area contributed by atoms with Gasteiger partial charge < -0.3 is 0 Å². The van der Waals surface area contributed by atoms with Crippen molar-refractivity contribution >= 4 is 75.3 Å². The van der Waals surface area contributed by atoms with Gasteiger partial charge in [0.2, 0.25) is 0 Å². The van der Waals surface area contributed by atoms with E-state index in [0.717, 1.165) is 16.1 Å². The molecule has 0 unspecified atom stereocenters. The van der Waals surface area contributed by atoms with Crippen molar-refractivity contribution in [3.05, 3.63) is 0 Å². The van der Waals surface area contributed by atoms with E-state index >= 15 is 0 Å². The molecule has 9 radical (unpaired) electrons. The van der Waals surface area contributed by atoms with Gasteiger partial charge in [0.25, 0.3) is 0 Å². The predicted octanol–water partition coefficient (Wildman–Crippen LogP) is 0.789. The Morgan fingerprint density at radius 1 is 0.643 bits per heavy atom. The number of nitrogens with one attached hydrogen (secondary N) is 2. The van der Waals surface area contributed by atoms with Gasteiger partial charge in [-0.05, 0) is 0 Å². The van der Waals surface area contributed by atoms with E-state index in [1.54, 1.807) is 0 Å². The van der Waals surface area contributed by atoms with Crippen LogP contribution in [-0.4, -0.2) is 75.3 Å². The quantitative estimate of drug-likeness (QED) is 0.592. The summed E-state index contributed by atoms with van der Waals surface area (Å²) >= 11 is 1.11. The molecule has 0 aromatic rings. The third-order valence-electron chi connectivity index (χ3n) is 0. The molecule has 2 N–H and O–H groups in total. The van der Waals surface area contributed by atoms with Gasteiger partial charge in [-0.2, -0.15) is 0 Å². The van der Waals surface area contributed by atoms with Crippen LogP contribution in [0, 0.1) is 9.66 Å². The summed E-state index contributed by atoms with van der Waals surface area (Å²) in [4.78, 5) is 0. The SMILES string of the molecule is C.C.C.C.C.C.[AlH3].[AlH].[B].[B].[B]=N.[NH]=[AlH]. The van der Waals surface area contributed by atoms with Gasteiger partial charge in [0, 0.05) is 16.8 Å². The Hall–Kier alpha value is 1.39. The zero-order valence-electron chi connectivity index (χ0n) is 4.15. The van der Waals surface area contributed by atoms with E-state index in [2.05, 4.69) is 7.64 Å². The van der Waals surface area contributed by atoms with Crippen LogP contribution in [0.5, 0.6) is 0 Å². The van der Waals surface area contributed by atoms with Crippen LogP contribution in [0.4, 0.5) is 0 Å². The molecule has 0 saturated carbocycles.